The molecule has 0 spiro atoms. The number of benzene rings is 7. The van der Waals surface area contributed by atoms with Gasteiger partial charge in [-0.1, -0.05) is 190 Å². The third-order valence-corrected chi connectivity index (χ3v) is 14.1. The van der Waals surface area contributed by atoms with Gasteiger partial charge in [-0.3, -0.25) is 0 Å². The minimum absolute atomic E-state index is 0. The zero-order valence-corrected chi connectivity index (χ0v) is 44.2. The second-order valence-corrected chi connectivity index (χ2v) is 21.6. The second-order valence-electron chi connectivity index (χ2n) is 21.6. The van der Waals surface area contributed by atoms with Crippen LogP contribution in [0.5, 0.6) is 11.5 Å². The number of fused-ring (bicyclic) bond motifs is 3. The van der Waals surface area contributed by atoms with Crippen LogP contribution < -0.4 is 14.5 Å². The Kier molecular flexibility index (Phi) is 12.8. The van der Waals surface area contributed by atoms with Gasteiger partial charge in [0.15, 0.2) is 0 Å². The van der Waals surface area contributed by atoms with Crippen LogP contribution in [0.4, 0.5) is 11.4 Å². The van der Waals surface area contributed by atoms with Crippen molar-refractivity contribution < 1.29 is 25.8 Å². The summed E-state index contributed by atoms with van der Waals surface area (Å²) in [5, 5.41) is 2.23. The number of aromatic nitrogens is 2. The fraction of sp³-hybridized carbons (Fsp3) is 0.219. The van der Waals surface area contributed by atoms with Gasteiger partial charge in [0.25, 0.3) is 0 Å². The predicted molar refractivity (Wildman–Crippen MR) is 287 cm³/mol. The van der Waals surface area contributed by atoms with E-state index in [1.165, 1.54) is 27.8 Å². The van der Waals surface area contributed by atoms with Crippen molar-refractivity contribution in [1.29, 1.82) is 0 Å². The van der Waals surface area contributed by atoms with Crippen molar-refractivity contribution in [3.8, 4) is 17.3 Å². The van der Waals surface area contributed by atoms with Crippen LogP contribution in [-0.4, -0.2) is 9.55 Å². The molecule has 1 aliphatic heterocycles. The predicted octanol–water partition coefficient (Wildman–Crippen LogP) is 16.3. The number of nitrogens with zero attached hydrogens (tertiary/aromatic N) is 4. The van der Waals surface area contributed by atoms with E-state index in [0.29, 0.717) is 11.5 Å². The van der Waals surface area contributed by atoms with Crippen LogP contribution in [0.25, 0.3) is 33.3 Å². The zero-order valence-electron chi connectivity index (χ0n) is 41.9. The average molecular weight is 1100 g/mol. The topological polar surface area (TPSA) is 33.5 Å². The first-order chi connectivity index (χ1) is 32.9. The van der Waals surface area contributed by atoms with E-state index in [2.05, 4.69) is 272 Å². The molecule has 5 nitrogen and oxygen atoms in total. The Bertz CT molecular complexity index is 3290. The van der Waals surface area contributed by atoms with Crippen molar-refractivity contribution in [2.45, 2.75) is 90.9 Å². The van der Waals surface area contributed by atoms with Crippen molar-refractivity contribution in [3.05, 3.63) is 240 Å². The molecular weight excluding hydrogens is 1040 g/mol. The first-order valence-corrected chi connectivity index (χ1v) is 24.1. The average Bonchev–Trinajstić information content (AvgIpc) is 3.94. The Balaban J connectivity index is 0.00000608. The number of ether oxygens (including phenoxy) is 1. The largest absolute Gasteiger partial charge is 0.509 e. The van der Waals surface area contributed by atoms with E-state index in [0.717, 1.165) is 55.8 Å². The molecule has 9 aromatic rings. The monoisotopic (exact) mass is 1100 g/mol. The van der Waals surface area contributed by atoms with E-state index < -0.39 is 0 Å². The summed E-state index contributed by atoms with van der Waals surface area (Å²) in [7, 11) is 0. The Hall–Kier alpha value is -6.68. The van der Waals surface area contributed by atoms with Gasteiger partial charge in [0, 0.05) is 66.5 Å². The molecule has 3 heterocycles. The van der Waals surface area contributed by atoms with Gasteiger partial charge in [-0.2, -0.15) is 6.07 Å². The van der Waals surface area contributed by atoms with Crippen LogP contribution >= 0.6 is 0 Å². The molecule has 0 atom stereocenters. The third kappa shape index (κ3) is 9.25. The van der Waals surface area contributed by atoms with Crippen LogP contribution in [0, 0.1) is 18.8 Å². The molecule has 0 saturated heterocycles. The van der Waals surface area contributed by atoms with E-state index in [1.54, 1.807) is 0 Å². The maximum Gasteiger partial charge on any atom is 0.135 e. The third-order valence-electron chi connectivity index (χ3n) is 14.1. The van der Waals surface area contributed by atoms with Crippen molar-refractivity contribution in [2.75, 3.05) is 9.80 Å². The quantitative estimate of drug-likeness (QED) is 0.128. The Morgan fingerprint density at radius 3 is 1.70 bits per heavy atom. The van der Waals surface area contributed by atoms with E-state index in [1.807, 2.05) is 12.3 Å². The van der Waals surface area contributed by atoms with Crippen LogP contribution in [0.3, 0.4) is 0 Å². The van der Waals surface area contributed by atoms with Crippen molar-refractivity contribution in [1.82, 2.24) is 9.55 Å². The molecule has 6 heteroatoms. The summed E-state index contributed by atoms with van der Waals surface area (Å²) in [6, 6.07) is 68.2. The van der Waals surface area contributed by atoms with Gasteiger partial charge in [-0.25, -0.2) is 4.98 Å². The number of pyridine rings is 1. The van der Waals surface area contributed by atoms with Gasteiger partial charge in [-0.15, -0.1) is 53.6 Å². The molecule has 0 amide bonds. The van der Waals surface area contributed by atoms with Crippen molar-refractivity contribution in [3.63, 3.8) is 0 Å². The smallest absolute Gasteiger partial charge is 0.135 e. The van der Waals surface area contributed by atoms with E-state index >= 15 is 0 Å². The van der Waals surface area contributed by atoms with Crippen LogP contribution in [0.2, 0.25) is 0 Å². The molecule has 0 N–H and O–H groups in total. The molecule has 2 aromatic heterocycles. The zero-order chi connectivity index (χ0) is 48.3. The molecule has 0 fully saturated rings. The molecule has 70 heavy (non-hydrogen) atoms. The molecule has 0 unspecified atom stereocenters. The summed E-state index contributed by atoms with van der Waals surface area (Å²) < 4.78 is 9.09. The number of para-hydroxylation sites is 1. The maximum absolute atomic E-state index is 6.88. The van der Waals surface area contributed by atoms with Crippen LogP contribution in [-0.2, 0) is 42.7 Å². The van der Waals surface area contributed by atoms with Crippen LogP contribution in [0.15, 0.2) is 182 Å². The van der Waals surface area contributed by atoms with Crippen molar-refractivity contribution >= 4 is 38.9 Å². The Labute approximate surface area is 429 Å². The number of anilines is 2. The SMILES string of the molecule is CC(C)(C)c1cc(Oc2[c-]c3c(cc2)c2ccccc2n3-c2cc(C(C)(C)C)ccn2)[c-]c(N2C=C(c3ccccc3)N(c3cc(C(C)(C)c4ccccc4)cc(C(C)(C)c4ccccc4)c3)[CH-]2)c1.[Pt]. The molecule has 0 saturated carbocycles. The summed E-state index contributed by atoms with van der Waals surface area (Å²) in [6.45, 7) is 25.0. The maximum atomic E-state index is 6.88. The first kappa shape index (κ1) is 48.3. The minimum atomic E-state index is -0.281. The van der Waals surface area contributed by atoms with Gasteiger partial charge in [-0.05, 0) is 86.1 Å². The first-order valence-electron chi connectivity index (χ1n) is 24.1. The molecule has 0 bridgehead atoms. The molecule has 7 aromatic carbocycles. The standard InChI is InChI=1S/C64H61N4O.Pt/c1-61(2,3)47-32-33-65-60(39-47)68-57-29-21-20-28-55(57)56-31-30-53(41-58(56)68)69-54-38-48(62(4,5)6)35-51(40-54)66-42-59(44-22-14-11-15-23-44)67(43-66)52-36-49(63(7,8)45-24-16-12-17-25-45)34-50(37-52)64(9,10)46-26-18-13-19-27-46;/h11-39,42-43H,1-10H3;/q-3;. The molecule has 356 valence electrons. The molecule has 0 aliphatic carbocycles. The summed E-state index contributed by atoms with van der Waals surface area (Å²) in [5.41, 5.74) is 12.7. The Morgan fingerprint density at radius 1 is 0.500 bits per heavy atom. The minimum Gasteiger partial charge on any atom is -0.509 e. The van der Waals surface area contributed by atoms with Gasteiger partial charge in [0.1, 0.15) is 5.82 Å². The number of rotatable bonds is 10. The summed E-state index contributed by atoms with van der Waals surface area (Å²) >= 11 is 0. The van der Waals surface area contributed by atoms with Gasteiger partial charge < -0.3 is 19.1 Å². The van der Waals surface area contributed by atoms with Crippen molar-refractivity contribution in [2.24, 2.45) is 0 Å². The number of hydrogen-bond donors (Lipinski definition) is 0. The molecule has 1 aliphatic rings. The Morgan fingerprint density at radius 2 is 1.09 bits per heavy atom. The van der Waals surface area contributed by atoms with Gasteiger partial charge >= 0.3 is 0 Å². The van der Waals surface area contributed by atoms with E-state index in [9.17, 15) is 0 Å². The van der Waals surface area contributed by atoms with Crippen LogP contribution in [0.1, 0.15) is 108 Å². The normalized spacial score (nSPS) is 13.4. The fourth-order valence-electron chi connectivity index (χ4n) is 9.54. The molecule has 0 radical (unpaired) electrons. The second kappa shape index (κ2) is 18.6. The summed E-state index contributed by atoms with van der Waals surface area (Å²) in [6.07, 6.45) is 4.13. The molecular formula is C64H61N4OPt-3. The van der Waals surface area contributed by atoms with E-state index in [-0.39, 0.29) is 42.7 Å². The fourth-order valence-corrected chi connectivity index (χ4v) is 9.54. The summed E-state index contributed by atoms with van der Waals surface area (Å²) in [4.78, 5) is 9.43. The summed E-state index contributed by atoms with van der Waals surface area (Å²) in [5.74, 6) is 2.07. The van der Waals surface area contributed by atoms with E-state index in [4.69, 9.17) is 9.72 Å². The van der Waals surface area contributed by atoms with Gasteiger partial charge in [0.05, 0.1) is 0 Å². The number of hydrogen-bond acceptors (Lipinski definition) is 4. The molecule has 10 rings (SSSR count). The van der Waals surface area contributed by atoms with Gasteiger partial charge in [0.2, 0.25) is 0 Å².